The van der Waals surface area contributed by atoms with Crippen molar-refractivity contribution in [2.24, 2.45) is 5.92 Å². The summed E-state index contributed by atoms with van der Waals surface area (Å²) in [4.78, 5) is 0. The van der Waals surface area contributed by atoms with Gasteiger partial charge in [0.25, 0.3) is 0 Å². The van der Waals surface area contributed by atoms with Gasteiger partial charge in [-0.25, -0.2) is 0 Å². The van der Waals surface area contributed by atoms with Gasteiger partial charge in [0.1, 0.15) is 0 Å². The van der Waals surface area contributed by atoms with Crippen LogP contribution in [-0.4, -0.2) is 0 Å². The highest BCUT2D eigenvalue weighted by molar-refractivity contribution is 9.11. The molecule has 0 saturated carbocycles. The molecular weight excluding hydrogens is 212 g/mol. The first-order valence-electron chi connectivity index (χ1n) is 4.12. The van der Waals surface area contributed by atoms with E-state index in [4.69, 9.17) is 0 Å². The highest BCUT2D eigenvalue weighted by atomic mass is 79.9. The smallest absolute Gasteiger partial charge is 0.00179 e. The van der Waals surface area contributed by atoms with E-state index in [1.165, 1.54) is 10.0 Å². The molecule has 0 aliphatic carbocycles. The summed E-state index contributed by atoms with van der Waals surface area (Å²) in [6.45, 7) is 4.34. The molecule has 1 aromatic carbocycles. The van der Waals surface area contributed by atoms with Crippen molar-refractivity contribution in [3.05, 3.63) is 40.4 Å². The minimum absolute atomic E-state index is 0.560. The lowest BCUT2D eigenvalue weighted by molar-refractivity contribution is 0.825. The molecule has 0 radical (unpaired) electrons. The van der Waals surface area contributed by atoms with E-state index in [-0.39, 0.29) is 0 Å². The number of allylic oxidation sites excluding steroid dienone is 1. The van der Waals surface area contributed by atoms with E-state index in [0.29, 0.717) is 5.92 Å². The fourth-order valence-electron chi connectivity index (χ4n) is 0.875. The van der Waals surface area contributed by atoms with Gasteiger partial charge in [0, 0.05) is 0 Å². The van der Waals surface area contributed by atoms with Gasteiger partial charge in [-0.3, -0.25) is 0 Å². The van der Waals surface area contributed by atoms with Crippen LogP contribution in [0.3, 0.4) is 0 Å². The fourth-order valence-corrected chi connectivity index (χ4v) is 1.14. The molecule has 0 atom stereocenters. The number of benzene rings is 1. The van der Waals surface area contributed by atoms with E-state index in [1.807, 2.05) is 18.2 Å². The largest absolute Gasteiger partial charge is 0.0622 e. The highest BCUT2D eigenvalue weighted by Crippen LogP contribution is 2.19. The van der Waals surface area contributed by atoms with Gasteiger partial charge in [0.2, 0.25) is 0 Å². The Kier molecular flexibility index (Phi) is 3.54. The lowest BCUT2D eigenvalue weighted by Crippen LogP contribution is -1.84. The van der Waals surface area contributed by atoms with Crippen LogP contribution in [0.25, 0.3) is 6.08 Å². The van der Waals surface area contributed by atoms with Crippen LogP contribution in [0.15, 0.2) is 34.8 Å². The number of halogens is 1. The molecule has 12 heavy (non-hydrogen) atoms. The van der Waals surface area contributed by atoms with E-state index in [2.05, 4.69) is 48.0 Å². The van der Waals surface area contributed by atoms with Crippen molar-refractivity contribution >= 4 is 22.0 Å². The molecule has 0 heterocycles. The molecule has 0 fully saturated rings. The van der Waals surface area contributed by atoms with Crippen molar-refractivity contribution in [1.82, 2.24) is 0 Å². The molecule has 0 unspecified atom stereocenters. The third-order valence-corrected chi connectivity index (χ3v) is 2.80. The average Bonchev–Trinajstić information content (AvgIpc) is 2.06. The van der Waals surface area contributed by atoms with Crippen molar-refractivity contribution < 1.29 is 0 Å². The summed E-state index contributed by atoms with van der Waals surface area (Å²) < 4.78 is 1.24. The maximum absolute atomic E-state index is 3.54. The van der Waals surface area contributed by atoms with Crippen molar-refractivity contribution in [3.63, 3.8) is 0 Å². The summed E-state index contributed by atoms with van der Waals surface area (Å²) in [7, 11) is 0. The molecule has 1 aromatic rings. The van der Waals surface area contributed by atoms with Gasteiger partial charge in [0.05, 0.1) is 0 Å². The van der Waals surface area contributed by atoms with Crippen LogP contribution in [0.5, 0.6) is 0 Å². The first-order valence-corrected chi connectivity index (χ1v) is 4.91. The molecular formula is C11H13Br. The molecule has 0 aliphatic rings. The Bertz CT molecular complexity index is 260. The zero-order valence-corrected chi connectivity index (χ0v) is 9.01. The molecule has 0 amide bonds. The summed E-state index contributed by atoms with van der Waals surface area (Å²) in [6.07, 6.45) is 2.16. The first kappa shape index (κ1) is 9.53. The van der Waals surface area contributed by atoms with Crippen LogP contribution in [0.4, 0.5) is 0 Å². The Morgan fingerprint density at radius 3 is 2.33 bits per heavy atom. The second kappa shape index (κ2) is 4.46. The monoisotopic (exact) mass is 224 g/mol. The summed E-state index contributed by atoms with van der Waals surface area (Å²) in [5, 5.41) is 0. The maximum atomic E-state index is 3.54. The number of hydrogen-bond donors (Lipinski definition) is 0. The van der Waals surface area contributed by atoms with Crippen molar-refractivity contribution in [1.29, 1.82) is 0 Å². The molecule has 1 rings (SSSR count). The predicted molar refractivity (Wildman–Crippen MR) is 58.2 cm³/mol. The van der Waals surface area contributed by atoms with Gasteiger partial charge in [-0.05, 0) is 22.0 Å². The van der Waals surface area contributed by atoms with Crippen LogP contribution >= 0.6 is 15.9 Å². The van der Waals surface area contributed by atoms with Gasteiger partial charge in [-0.1, -0.05) is 60.1 Å². The maximum Gasteiger partial charge on any atom is -0.00179 e. The van der Waals surface area contributed by atoms with Crippen molar-refractivity contribution in [2.45, 2.75) is 13.8 Å². The second-order valence-electron chi connectivity index (χ2n) is 3.09. The first-order chi connectivity index (χ1) is 5.70. The molecule has 0 aromatic heterocycles. The molecule has 1 heteroatoms. The van der Waals surface area contributed by atoms with Gasteiger partial charge in [-0.2, -0.15) is 0 Å². The molecule has 0 N–H and O–H groups in total. The van der Waals surface area contributed by atoms with Crippen LogP contribution in [0.2, 0.25) is 0 Å². The number of rotatable bonds is 2. The van der Waals surface area contributed by atoms with Gasteiger partial charge >= 0.3 is 0 Å². The van der Waals surface area contributed by atoms with E-state index >= 15 is 0 Å². The highest BCUT2D eigenvalue weighted by Gasteiger charge is 1.97. The van der Waals surface area contributed by atoms with Crippen molar-refractivity contribution in [2.75, 3.05) is 0 Å². The minimum Gasteiger partial charge on any atom is -0.0622 e. The van der Waals surface area contributed by atoms with E-state index in [1.54, 1.807) is 0 Å². The summed E-state index contributed by atoms with van der Waals surface area (Å²) >= 11 is 3.54. The summed E-state index contributed by atoms with van der Waals surface area (Å²) in [6, 6.07) is 10.3. The van der Waals surface area contributed by atoms with Crippen LogP contribution in [0.1, 0.15) is 19.4 Å². The summed E-state index contributed by atoms with van der Waals surface area (Å²) in [5.41, 5.74) is 1.25. The Morgan fingerprint density at radius 1 is 1.25 bits per heavy atom. The molecule has 0 spiro atoms. The predicted octanol–water partition coefficient (Wildman–Crippen LogP) is 4.08. The van der Waals surface area contributed by atoms with E-state index in [0.717, 1.165) is 0 Å². The van der Waals surface area contributed by atoms with E-state index < -0.39 is 0 Å². The lowest BCUT2D eigenvalue weighted by atomic mass is 10.1. The lowest BCUT2D eigenvalue weighted by Gasteiger charge is -2.02. The molecule has 0 saturated heterocycles. The Balaban J connectivity index is 2.81. The van der Waals surface area contributed by atoms with E-state index in [9.17, 15) is 0 Å². The zero-order valence-electron chi connectivity index (χ0n) is 7.42. The zero-order chi connectivity index (χ0) is 8.97. The Morgan fingerprint density at radius 2 is 1.83 bits per heavy atom. The normalized spacial score (nSPS) is 12.2. The SMILES string of the molecule is CC(C)/C(Br)=C\c1ccccc1. The van der Waals surface area contributed by atoms with Crippen molar-refractivity contribution in [3.8, 4) is 0 Å². The second-order valence-corrected chi connectivity index (χ2v) is 4.01. The van der Waals surface area contributed by atoms with Crippen LogP contribution in [-0.2, 0) is 0 Å². The summed E-state index contributed by atoms with van der Waals surface area (Å²) in [5.74, 6) is 0.560. The standard InChI is InChI=1S/C11H13Br/c1-9(2)11(12)8-10-6-4-3-5-7-10/h3-9H,1-2H3/b11-8+. The Hall–Kier alpha value is -0.560. The van der Waals surface area contributed by atoms with Crippen LogP contribution in [0, 0.1) is 5.92 Å². The topological polar surface area (TPSA) is 0 Å². The third kappa shape index (κ3) is 2.82. The molecule has 64 valence electrons. The fraction of sp³-hybridized carbons (Fsp3) is 0.273. The van der Waals surface area contributed by atoms with Crippen LogP contribution < -0.4 is 0 Å². The molecule has 0 bridgehead atoms. The molecule has 0 nitrogen and oxygen atoms in total. The van der Waals surface area contributed by atoms with Gasteiger partial charge < -0.3 is 0 Å². The quantitative estimate of drug-likeness (QED) is 0.711. The molecule has 0 aliphatic heterocycles. The average molecular weight is 225 g/mol. The Labute approximate surface area is 82.4 Å². The van der Waals surface area contributed by atoms with Gasteiger partial charge in [-0.15, -0.1) is 0 Å². The number of hydrogen-bond acceptors (Lipinski definition) is 0. The third-order valence-electron chi connectivity index (χ3n) is 1.66. The van der Waals surface area contributed by atoms with Gasteiger partial charge in [0.15, 0.2) is 0 Å². The minimum atomic E-state index is 0.560.